The Bertz CT molecular complexity index is 1630. The average molecular weight is 694 g/mol. The average Bonchev–Trinajstić information content (AvgIpc) is 3.64. The van der Waals surface area contributed by atoms with Crippen LogP contribution in [0.15, 0.2) is 66.7 Å². The summed E-state index contributed by atoms with van der Waals surface area (Å²) in [6, 6.07) is 19.1. The fraction of sp³-hybridized carbons (Fsp3) is 0.294. The lowest BCUT2D eigenvalue weighted by Gasteiger charge is -2.13. The van der Waals surface area contributed by atoms with Crippen LogP contribution in [0.2, 0.25) is 0 Å². The Balaban J connectivity index is 0.000000209. The highest BCUT2D eigenvalue weighted by atomic mass is 16.7. The Morgan fingerprint density at radius 3 is 1.50 bits per heavy atom. The van der Waals surface area contributed by atoms with Gasteiger partial charge in [0, 0.05) is 70.0 Å². The molecule has 0 radical (unpaired) electrons. The molecule has 0 bridgehead atoms. The fourth-order valence-corrected chi connectivity index (χ4v) is 4.20. The summed E-state index contributed by atoms with van der Waals surface area (Å²) < 4.78 is 15.4. The molecule has 0 unspecified atom stereocenters. The highest BCUT2D eigenvalue weighted by molar-refractivity contribution is 6.03. The van der Waals surface area contributed by atoms with Gasteiger partial charge in [0.05, 0.1) is 19.8 Å². The van der Waals surface area contributed by atoms with Gasteiger partial charge in [-0.1, -0.05) is 0 Å². The lowest BCUT2D eigenvalue weighted by molar-refractivity contribution is -0.198. The molecule has 3 aromatic carbocycles. The van der Waals surface area contributed by atoms with Crippen LogP contribution in [0.25, 0.3) is 0 Å². The van der Waals surface area contributed by atoms with E-state index in [1.54, 1.807) is 76.8 Å². The molecule has 50 heavy (non-hydrogen) atoms. The van der Waals surface area contributed by atoms with Gasteiger partial charge in [0.1, 0.15) is 5.75 Å². The summed E-state index contributed by atoms with van der Waals surface area (Å²) in [5.41, 5.74) is 3.04. The summed E-state index contributed by atoms with van der Waals surface area (Å²) >= 11 is 0. The van der Waals surface area contributed by atoms with Gasteiger partial charge in [0.25, 0.3) is 23.6 Å². The molecule has 2 saturated heterocycles. The van der Waals surface area contributed by atoms with Crippen molar-refractivity contribution in [2.24, 2.45) is 0 Å². The summed E-state index contributed by atoms with van der Waals surface area (Å²) in [6.45, 7) is -0.379. The summed E-state index contributed by atoms with van der Waals surface area (Å²) in [6.07, 6.45) is 0.312. The standard InChI is InChI=1S/C13H14N2O5.C12H12N2O4.C9H13NO2/c1-14-9-2-4-10(5-3-9)19-8-13(18)20-15-11(16)6-7-12(15)17;1-13-9-4-2-8(3-5-9)12(17)18-14-10(15)6-7-11(14)16;1-10-7-4-5-8(11-2)9(6-7)12-3/h2-5,14H,6-8H2,1H3;2-5,13H,6-7H2,1H3;4-6,10H,1-3H3. The number of carbonyl (C=O) groups is 6. The van der Waals surface area contributed by atoms with Crippen molar-refractivity contribution in [3.8, 4) is 17.2 Å². The zero-order valence-electron chi connectivity index (χ0n) is 28.3. The third kappa shape index (κ3) is 10.9. The molecule has 2 fully saturated rings. The van der Waals surface area contributed by atoms with E-state index in [0.29, 0.717) is 15.9 Å². The summed E-state index contributed by atoms with van der Waals surface area (Å²) in [7, 11) is 8.65. The van der Waals surface area contributed by atoms with Gasteiger partial charge in [-0.25, -0.2) is 9.59 Å². The number of nitrogens with zero attached hydrogens (tertiary/aromatic N) is 2. The topological polar surface area (TPSA) is 191 Å². The number of hydrogen-bond donors (Lipinski definition) is 3. The van der Waals surface area contributed by atoms with Gasteiger partial charge in [-0.2, -0.15) is 0 Å². The van der Waals surface area contributed by atoms with Gasteiger partial charge >= 0.3 is 11.9 Å². The van der Waals surface area contributed by atoms with Crippen molar-refractivity contribution < 1.29 is 52.7 Å². The minimum absolute atomic E-state index is 0.0679. The minimum Gasteiger partial charge on any atom is -0.493 e. The SMILES string of the molecule is CNc1ccc(C(=O)ON2C(=O)CCC2=O)cc1.CNc1ccc(OC)c(OC)c1.CNc1ccc(OCC(=O)ON2C(=O)CCC2=O)cc1. The summed E-state index contributed by atoms with van der Waals surface area (Å²) in [5, 5.41) is 9.91. The Morgan fingerprint density at radius 1 is 0.600 bits per heavy atom. The molecule has 5 rings (SSSR count). The Morgan fingerprint density at radius 2 is 1.04 bits per heavy atom. The second kappa shape index (κ2) is 18.9. The molecule has 3 N–H and O–H groups in total. The van der Waals surface area contributed by atoms with Crippen LogP contribution in [0.5, 0.6) is 17.2 Å². The molecule has 0 aromatic heterocycles. The number of amides is 4. The molecule has 3 aromatic rings. The first kappa shape index (κ1) is 38.1. The largest absolute Gasteiger partial charge is 0.493 e. The van der Waals surface area contributed by atoms with Crippen molar-refractivity contribution in [2.45, 2.75) is 25.7 Å². The van der Waals surface area contributed by atoms with Crippen LogP contribution in [0.3, 0.4) is 0 Å². The molecular formula is C34H39N5O11. The van der Waals surface area contributed by atoms with Gasteiger partial charge in [-0.05, 0) is 60.7 Å². The van der Waals surface area contributed by atoms with E-state index < -0.39 is 35.6 Å². The van der Waals surface area contributed by atoms with Crippen molar-refractivity contribution in [1.82, 2.24) is 10.1 Å². The van der Waals surface area contributed by atoms with E-state index in [4.69, 9.17) is 19.0 Å². The second-order valence-electron chi connectivity index (χ2n) is 10.2. The lowest BCUT2D eigenvalue weighted by Crippen LogP contribution is -2.33. The van der Waals surface area contributed by atoms with Crippen molar-refractivity contribution >= 4 is 52.6 Å². The van der Waals surface area contributed by atoms with E-state index in [0.717, 1.165) is 28.6 Å². The first-order valence-electron chi connectivity index (χ1n) is 15.3. The van der Waals surface area contributed by atoms with Crippen molar-refractivity contribution in [1.29, 1.82) is 0 Å². The van der Waals surface area contributed by atoms with Crippen LogP contribution in [-0.2, 0) is 33.6 Å². The molecule has 4 amide bonds. The lowest BCUT2D eigenvalue weighted by atomic mass is 10.2. The number of hydrogen-bond acceptors (Lipinski definition) is 14. The monoisotopic (exact) mass is 693 g/mol. The molecule has 0 aliphatic carbocycles. The smallest absolute Gasteiger partial charge is 0.370 e. The van der Waals surface area contributed by atoms with Gasteiger partial charge in [-0.3, -0.25) is 19.2 Å². The van der Waals surface area contributed by atoms with E-state index >= 15 is 0 Å². The van der Waals surface area contributed by atoms with Crippen LogP contribution in [0.4, 0.5) is 17.1 Å². The Labute approximate surface area is 288 Å². The maximum absolute atomic E-state index is 11.7. The maximum atomic E-state index is 11.7. The van der Waals surface area contributed by atoms with Crippen LogP contribution in [-0.4, -0.2) is 87.7 Å². The molecule has 0 saturated carbocycles. The van der Waals surface area contributed by atoms with Gasteiger partial charge in [0.15, 0.2) is 18.1 Å². The number of benzene rings is 3. The normalized spacial score (nSPS) is 13.3. The van der Waals surface area contributed by atoms with Crippen molar-refractivity contribution in [3.05, 3.63) is 72.3 Å². The fourth-order valence-electron chi connectivity index (χ4n) is 4.20. The van der Waals surface area contributed by atoms with E-state index in [-0.39, 0.29) is 37.9 Å². The number of carbonyl (C=O) groups excluding carboxylic acids is 6. The van der Waals surface area contributed by atoms with Gasteiger partial charge < -0.3 is 39.8 Å². The first-order valence-corrected chi connectivity index (χ1v) is 15.3. The molecule has 0 spiro atoms. The molecule has 16 nitrogen and oxygen atoms in total. The van der Waals surface area contributed by atoms with Crippen molar-refractivity contribution in [3.63, 3.8) is 0 Å². The number of ether oxygens (including phenoxy) is 3. The zero-order valence-corrected chi connectivity index (χ0v) is 28.3. The number of imide groups is 2. The third-order valence-electron chi connectivity index (χ3n) is 6.96. The predicted molar refractivity (Wildman–Crippen MR) is 180 cm³/mol. The van der Waals surface area contributed by atoms with Crippen LogP contribution in [0, 0.1) is 0 Å². The van der Waals surface area contributed by atoms with Crippen LogP contribution in [0.1, 0.15) is 36.0 Å². The van der Waals surface area contributed by atoms with E-state index in [9.17, 15) is 28.8 Å². The highest BCUT2D eigenvalue weighted by Crippen LogP contribution is 2.29. The third-order valence-corrected chi connectivity index (χ3v) is 6.96. The second-order valence-corrected chi connectivity index (χ2v) is 10.2. The van der Waals surface area contributed by atoms with Crippen LogP contribution >= 0.6 is 0 Å². The Hall–Kier alpha value is -6.32. The number of methoxy groups -OCH3 is 2. The predicted octanol–water partition coefficient (Wildman–Crippen LogP) is 3.41. The van der Waals surface area contributed by atoms with E-state index in [1.807, 2.05) is 25.2 Å². The van der Waals surface area contributed by atoms with Gasteiger partial charge in [0.2, 0.25) is 0 Å². The number of rotatable bonds is 11. The molecular weight excluding hydrogens is 654 g/mol. The minimum atomic E-state index is -0.800. The van der Waals surface area contributed by atoms with Gasteiger partial charge in [-0.15, -0.1) is 10.1 Å². The quantitative estimate of drug-likeness (QED) is 0.248. The molecule has 2 aliphatic rings. The van der Waals surface area contributed by atoms with E-state index in [2.05, 4.69) is 20.8 Å². The number of hydroxylamine groups is 4. The molecule has 16 heteroatoms. The summed E-state index contributed by atoms with van der Waals surface area (Å²) in [4.78, 5) is 77.6. The van der Waals surface area contributed by atoms with Crippen molar-refractivity contribution in [2.75, 3.05) is 57.9 Å². The molecule has 0 atom stereocenters. The highest BCUT2D eigenvalue weighted by Gasteiger charge is 2.34. The Kier molecular flexibility index (Phi) is 14.4. The first-order chi connectivity index (χ1) is 24.0. The molecule has 2 aliphatic heterocycles. The summed E-state index contributed by atoms with van der Waals surface area (Å²) in [5.74, 6) is -1.54. The zero-order chi connectivity index (χ0) is 36.6. The molecule has 2 heterocycles. The number of nitrogens with one attached hydrogen (secondary N) is 3. The maximum Gasteiger partial charge on any atom is 0.370 e. The van der Waals surface area contributed by atoms with Crippen LogP contribution < -0.4 is 30.2 Å². The van der Waals surface area contributed by atoms with E-state index in [1.165, 1.54) is 0 Å². The molecule has 266 valence electrons. The number of anilines is 3.